The van der Waals surface area contributed by atoms with Crippen LogP contribution in [-0.2, 0) is 11.3 Å². The molecule has 0 aliphatic carbocycles. The van der Waals surface area contributed by atoms with Crippen molar-refractivity contribution in [1.82, 2.24) is 24.6 Å². The molecule has 0 spiro atoms. The van der Waals surface area contributed by atoms with Gasteiger partial charge in [-0.1, -0.05) is 0 Å². The molecule has 7 heteroatoms. The molecule has 136 valence electrons. The fourth-order valence-electron chi connectivity index (χ4n) is 4.02. The molecular weight excluding hydrogens is 330 g/mol. The third-order valence-electron chi connectivity index (χ3n) is 5.36. The Kier molecular flexibility index (Phi) is 4.69. The molecule has 2 aromatic heterocycles. The fourth-order valence-corrected chi connectivity index (χ4v) is 4.02. The summed E-state index contributed by atoms with van der Waals surface area (Å²) in [5.74, 6) is 0.553. The number of carbonyl (C=O) groups excluding carboxylic acids is 2. The van der Waals surface area contributed by atoms with Gasteiger partial charge in [0.2, 0.25) is 5.91 Å². The Morgan fingerprint density at radius 3 is 2.69 bits per heavy atom. The van der Waals surface area contributed by atoms with E-state index in [0.717, 1.165) is 25.9 Å². The lowest BCUT2D eigenvalue weighted by molar-refractivity contribution is -0.135. The lowest BCUT2D eigenvalue weighted by Gasteiger charge is -2.36. The number of hydrogen-bond donors (Lipinski definition) is 0. The Morgan fingerprint density at radius 1 is 1.08 bits per heavy atom. The Balaban J connectivity index is 1.43. The summed E-state index contributed by atoms with van der Waals surface area (Å²) >= 11 is 0. The first-order valence-electron chi connectivity index (χ1n) is 9.17. The van der Waals surface area contributed by atoms with E-state index < -0.39 is 0 Å². The molecule has 3 fully saturated rings. The number of hydrogen-bond acceptors (Lipinski definition) is 4. The molecule has 2 aromatic rings. The minimum atomic E-state index is 0.0372. The molecule has 0 saturated carbocycles. The third-order valence-corrected chi connectivity index (χ3v) is 5.36. The van der Waals surface area contributed by atoms with Crippen LogP contribution in [-0.4, -0.2) is 62.1 Å². The smallest absolute Gasteiger partial charge is 0.254 e. The minimum Gasteiger partial charge on any atom is -0.338 e. The van der Waals surface area contributed by atoms with Gasteiger partial charge in [0.15, 0.2) is 0 Å². The number of pyridine rings is 1. The van der Waals surface area contributed by atoms with E-state index in [1.807, 2.05) is 22.1 Å². The highest BCUT2D eigenvalue weighted by Gasteiger charge is 2.38. The second-order valence-corrected chi connectivity index (χ2v) is 7.11. The van der Waals surface area contributed by atoms with Gasteiger partial charge in [-0.2, -0.15) is 5.10 Å². The van der Waals surface area contributed by atoms with E-state index in [9.17, 15) is 9.59 Å². The molecular formula is C19H23N5O2. The van der Waals surface area contributed by atoms with Crippen LogP contribution in [0.2, 0.25) is 0 Å². The second kappa shape index (κ2) is 7.27. The molecule has 7 nitrogen and oxygen atoms in total. The molecule has 3 aliphatic heterocycles. The first-order valence-corrected chi connectivity index (χ1v) is 9.17. The molecule has 0 aromatic carbocycles. The molecule has 26 heavy (non-hydrogen) atoms. The molecule has 0 radical (unpaired) electrons. The van der Waals surface area contributed by atoms with Crippen LogP contribution < -0.4 is 0 Å². The van der Waals surface area contributed by atoms with Crippen LogP contribution in [0.1, 0.15) is 29.6 Å². The van der Waals surface area contributed by atoms with Crippen molar-refractivity contribution in [3.05, 3.63) is 48.5 Å². The van der Waals surface area contributed by atoms with Crippen molar-refractivity contribution in [2.45, 2.75) is 31.8 Å². The van der Waals surface area contributed by atoms with Crippen LogP contribution in [0.25, 0.3) is 0 Å². The summed E-state index contributed by atoms with van der Waals surface area (Å²) in [5.41, 5.74) is 0.665. The van der Waals surface area contributed by atoms with Crippen molar-refractivity contribution >= 4 is 11.8 Å². The Morgan fingerprint density at radius 2 is 1.92 bits per heavy atom. The van der Waals surface area contributed by atoms with E-state index in [1.165, 1.54) is 0 Å². The summed E-state index contributed by atoms with van der Waals surface area (Å²) in [4.78, 5) is 33.5. The highest BCUT2D eigenvalue weighted by Crippen LogP contribution is 2.29. The first-order chi connectivity index (χ1) is 12.7. The summed E-state index contributed by atoms with van der Waals surface area (Å²) in [5, 5.41) is 4.16. The molecule has 0 unspecified atom stereocenters. The normalized spacial score (nSPS) is 22.3. The number of nitrogens with zero attached hydrogens (tertiary/aromatic N) is 5. The van der Waals surface area contributed by atoms with Gasteiger partial charge >= 0.3 is 0 Å². The average molecular weight is 353 g/mol. The SMILES string of the molecule is O=C(c1ccncc1)N1C[C@@H]2CC[C@H](C1)N(C(=O)CCn1cccn1)C2. The van der Waals surface area contributed by atoms with E-state index in [0.29, 0.717) is 31.0 Å². The molecule has 2 atom stereocenters. The van der Waals surface area contributed by atoms with Crippen LogP contribution in [0.4, 0.5) is 0 Å². The number of aryl methyl sites for hydroxylation is 1. The number of aromatic nitrogens is 3. The number of carbonyl (C=O) groups is 2. The highest BCUT2D eigenvalue weighted by atomic mass is 16.2. The van der Waals surface area contributed by atoms with Gasteiger partial charge in [0.05, 0.1) is 0 Å². The van der Waals surface area contributed by atoms with E-state index in [2.05, 4.69) is 10.1 Å². The zero-order valence-corrected chi connectivity index (χ0v) is 14.7. The van der Waals surface area contributed by atoms with Crippen molar-refractivity contribution in [2.24, 2.45) is 5.92 Å². The summed E-state index contributed by atoms with van der Waals surface area (Å²) < 4.78 is 1.78. The third kappa shape index (κ3) is 3.47. The zero-order valence-electron chi connectivity index (χ0n) is 14.7. The number of rotatable bonds is 4. The van der Waals surface area contributed by atoms with Gasteiger partial charge in [-0.15, -0.1) is 0 Å². The molecule has 5 heterocycles. The maximum atomic E-state index is 12.8. The van der Waals surface area contributed by atoms with Crippen LogP contribution >= 0.6 is 0 Å². The standard InChI is InChI=1S/C19H23N5O2/c25-18(6-11-23-10-1-7-21-23)24-13-15-2-3-17(24)14-22(12-15)19(26)16-4-8-20-9-5-16/h1,4-5,7-10,15,17H,2-3,6,11-14H2/t15-,17+/m0/s1. The predicted octanol–water partition coefficient (Wildman–Crippen LogP) is 1.43. The van der Waals surface area contributed by atoms with Crippen molar-refractivity contribution in [3.63, 3.8) is 0 Å². The number of fused-ring (bicyclic) bond motifs is 4. The summed E-state index contributed by atoms with van der Waals surface area (Å²) in [6, 6.07) is 5.48. The van der Waals surface area contributed by atoms with Crippen molar-refractivity contribution in [1.29, 1.82) is 0 Å². The second-order valence-electron chi connectivity index (χ2n) is 7.11. The molecule has 2 bridgehead atoms. The van der Waals surface area contributed by atoms with E-state index in [-0.39, 0.29) is 17.9 Å². The summed E-state index contributed by atoms with van der Waals surface area (Å²) in [6.07, 6.45) is 9.38. The van der Waals surface area contributed by atoms with E-state index >= 15 is 0 Å². The van der Waals surface area contributed by atoms with Gasteiger partial charge in [-0.3, -0.25) is 19.3 Å². The van der Waals surface area contributed by atoms with Gasteiger partial charge in [0, 0.05) is 69.0 Å². The van der Waals surface area contributed by atoms with Crippen molar-refractivity contribution < 1.29 is 9.59 Å². The Bertz CT molecular complexity index is 762. The zero-order chi connectivity index (χ0) is 17.9. The Labute approximate surface area is 152 Å². The predicted molar refractivity (Wildman–Crippen MR) is 95.2 cm³/mol. The van der Waals surface area contributed by atoms with Gasteiger partial charge in [-0.25, -0.2) is 0 Å². The van der Waals surface area contributed by atoms with Crippen LogP contribution in [0, 0.1) is 5.92 Å². The van der Waals surface area contributed by atoms with Crippen molar-refractivity contribution in [2.75, 3.05) is 19.6 Å². The van der Waals surface area contributed by atoms with Crippen molar-refractivity contribution in [3.8, 4) is 0 Å². The van der Waals surface area contributed by atoms with Gasteiger partial charge in [0.25, 0.3) is 5.91 Å². The molecule has 3 saturated heterocycles. The maximum Gasteiger partial charge on any atom is 0.254 e. The number of amides is 2. The summed E-state index contributed by atoms with van der Waals surface area (Å²) in [6.45, 7) is 2.69. The highest BCUT2D eigenvalue weighted by molar-refractivity contribution is 5.94. The maximum absolute atomic E-state index is 12.8. The van der Waals surface area contributed by atoms with Gasteiger partial charge < -0.3 is 9.80 Å². The van der Waals surface area contributed by atoms with Crippen LogP contribution in [0.15, 0.2) is 43.0 Å². The molecule has 2 amide bonds. The van der Waals surface area contributed by atoms with Gasteiger partial charge in [0.1, 0.15) is 0 Å². The summed E-state index contributed by atoms with van der Waals surface area (Å²) in [7, 11) is 0. The first kappa shape index (κ1) is 16.8. The number of piperidine rings is 1. The van der Waals surface area contributed by atoms with E-state index in [1.54, 1.807) is 35.4 Å². The van der Waals surface area contributed by atoms with Gasteiger partial charge in [-0.05, 0) is 37.0 Å². The largest absolute Gasteiger partial charge is 0.338 e. The molecule has 5 rings (SSSR count). The lowest BCUT2D eigenvalue weighted by Crippen LogP contribution is -2.47. The van der Waals surface area contributed by atoms with Crippen LogP contribution in [0.3, 0.4) is 0 Å². The fraction of sp³-hybridized carbons (Fsp3) is 0.474. The van der Waals surface area contributed by atoms with Crippen LogP contribution in [0.5, 0.6) is 0 Å². The average Bonchev–Trinajstić information content (AvgIpc) is 3.04. The minimum absolute atomic E-state index is 0.0372. The molecule has 3 aliphatic rings. The monoisotopic (exact) mass is 353 g/mol. The quantitative estimate of drug-likeness (QED) is 0.834. The molecule has 0 N–H and O–H groups in total. The lowest BCUT2D eigenvalue weighted by atomic mass is 9.94. The topological polar surface area (TPSA) is 71.3 Å². The Hall–Kier alpha value is -2.70. The van der Waals surface area contributed by atoms with E-state index in [4.69, 9.17) is 0 Å².